The lowest BCUT2D eigenvalue weighted by Crippen LogP contribution is -2.07. The van der Waals surface area contributed by atoms with Crippen LogP contribution in [-0.4, -0.2) is 55.3 Å². The molecular weight excluding hydrogens is 525 g/mol. The number of benzene rings is 2. The summed E-state index contributed by atoms with van der Waals surface area (Å²) in [6, 6.07) is 10.4. The molecule has 5 N–H and O–H groups in total. The van der Waals surface area contributed by atoms with Gasteiger partial charge in [-0.2, -0.15) is 0 Å². The van der Waals surface area contributed by atoms with E-state index in [0.717, 1.165) is 35.1 Å². The molecule has 2 aromatic heterocycles. The van der Waals surface area contributed by atoms with Crippen molar-refractivity contribution in [2.75, 3.05) is 25.5 Å². The Morgan fingerprint density at radius 1 is 1.15 bits per heavy atom. The predicted molar refractivity (Wildman–Crippen MR) is 145 cm³/mol. The van der Waals surface area contributed by atoms with Crippen molar-refractivity contribution in [2.45, 2.75) is 39.2 Å². The van der Waals surface area contributed by atoms with Gasteiger partial charge in [0.1, 0.15) is 11.3 Å². The van der Waals surface area contributed by atoms with E-state index in [9.17, 15) is 24.3 Å². The van der Waals surface area contributed by atoms with Crippen molar-refractivity contribution in [3.05, 3.63) is 53.3 Å². The lowest BCUT2D eigenvalue weighted by molar-refractivity contribution is 0.145. The molecule has 0 unspecified atom stereocenters. The Balaban J connectivity index is 1.74. The highest BCUT2D eigenvalue weighted by molar-refractivity contribution is 7.46. The molecule has 2 heterocycles. The van der Waals surface area contributed by atoms with E-state index >= 15 is 0 Å². The standard InChI is InChI=1S/C26H30N5O7P/c1-2-3-7-22-30-23-24(31(22)15-18-5-4-6-21(25(18)33)38-39(34,35)36)19-9-8-17(14-20(19)29-26(23)27)10-12-37-13-11-28-16-32/h4-6,8-9,14,33H,2-3,7,10-13,15H2,1H3,(H2,27,29)(H2,34,35,36). The number of pyridine rings is 1. The molecule has 0 aliphatic carbocycles. The monoisotopic (exact) mass is 555 g/mol. The molecule has 12 nitrogen and oxygen atoms in total. The number of imidazole rings is 1. The second kappa shape index (κ2) is 12.4. The Morgan fingerprint density at radius 2 is 1.97 bits per heavy atom. The van der Waals surface area contributed by atoms with Crippen LogP contribution in [0.1, 0.15) is 36.7 Å². The number of unbranched alkanes of at least 4 members (excludes halogenated alkanes) is 1. The predicted octanol–water partition coefficient (Wildman–Crippen LogP) is 3.63. The van der Waals surface area contributed by atoms with Gasteiger partial charge in [0.05, 0.1) is 37.3 Å². The Labute approximate surface area is 224 Å². The van der Waals surface area contributed by atoms with E-state index in [1.807, 2.05) is 22.8 Å². The molecule has 0 radical (unpaired) electrons. The molecule has 0 bridgehead atoms. The first-order chi connectivity index (χ1) is 18.7. The second-order valence-electron chi connectivity index (χ2n) is 8.94. The molecule has 4 rings (SSSR count). The van der Waals surface area contributed by atoms with Gasteiger partial charge in [0.15, 0.2) is 17.3 Å². The smallest absolute Gasteiger partial charge is 0.504 e. The molecule has 13 heteroatoms. The maximum Gasteiger partial charge on any atom is 0.524 e. The quantitative estimate of drug-likeness (QED) is 0.0822. The third-order valence-electron chi connectivity index (χ3n) is 6.18. The highest BCUT2D eigenvalue weighted by atomic mass is 31.2. The fraction of sp³-hybridized carbons (Fsp3) is 0.346. The number of isocyanates is 1. The van der Waals surface area contributed by atoms with Gasteiger partial charge in [-0.1, -0.05) is 37.6 Å². The Bertz CT molecular complexity index is 1580. The number of phosphoric acid groups is 1. The molecule has 4 aromatic rings. The van der Waals surface area contributed by atoms with Crippen molar-refractivity contribution in [3.63, 3.8) is 0 Å². The summed E-state index contributed by atoms with van der Waals surface area (Å²) in [5.41, 5.74) is 9.71. The van der Waals surface area contributed by atoms with E-state index in [2.05, 4.69) is 21.4 Å². The largest absolute Gasteiger partial charge is 0.524 e. The molecule has 206 valence electrons. The van der Waals surface area contributed by atoms with Crippen LogP contribution in [0.5, 0.6) is 11.5 Å². The number of para-hydroxylation sites is 1. The number of nitrogens with zero attached hydrogens (tertiary/aromatic N) is 4. The summed E-state index contributed by atoms with van der Waals surface area (Å²) in [6.45, 7) is 3.29. The molecule has 0 saturated carbocycles. The third-order valence-corrected chi connectivity index (χ3v) is 6.61. The maximum atomic E-state index is 11.4. The van der Waals surface area contributed by atoms with Crippen LogP contribution in [0, 0.1) is 0 Å². The lowest BCUT2D eigenvalue weighted by atomic mass is 10.1. The van der Waals surface area contributed by atoms with Crippen LogP contribution in [0.25, 0.3) is 21.9 Å². The van der Waals surface area contributed by atoms with Gasteiger partial charge in [-0.25, -0.2) is 24.3 Å². The zero-order chi connectivity index (χ0) is 28.0. The molecular formula is C26H30N5O7P. The van der Waals surface area contributed by atoms with Gasteiger partial charge in [0, 0.05) is 17.4 Å². The van der Waals surface area contributed by atoms with Crippen molar-refractivity contribution in [1.82, 2.24) is 14.5 Å². The summed E-state index contributed by atoms with van der Waals surface area (Å²) < 4.78 is 23.5. The first kappa shape index (κ1) is 28.2. The van der Waals surface area contributed by atoms with E-state index in [1.54, 1.807) is 12.1 Å². The summed E-state index contributed by atoms with van der Waals surface area (Å²) in [4.78, 5) is 41.4. The Hall–Kier alpha value is -3.79. The number of phenols is 1. The highest BCUT2D eigenvalue weighted by Crippen LogP contribution is 2.43. The molecule has 0 fully saturated rings. The number of hydrogen-bond donors (Lipinski definition) is 4. The van der Waals surface area contributed by atoms with Crippen LogP contribution < -0.4 is 10.3 Å². The summed E-state index contributed by atoms with van der Waals surface area (Å²) in [5, 5.41) is 11.6. The first-order valence-electron chi connectivity index (χ1n) is 12.5. The minimum atomic E-state index is -4.86. The van der Waals surface area contributed by atoms with Gasteiger partial charge in [-0.05, 0) is 30.5 Å². The van der Waals surface area contributed by atoms with Crippen LogP contribution in [0.2, 0.25) is 0 Å². The van der Waals surface area contributed by atoms with Crippen molar-refractivity contribution in [2.24, 2.45) is 4.99 Å². The molecule has 2 aromatic carbocycles. The fourth-order valence-corrected chi connectivity index (χ4v) is 4.77. The SMILES string of the molecule is CCCCc1nc2c(N)nc3cc(CCOCCN=C=O)ccc3c2n1Cc1cccc(OP(=O)(O)O)c1O. The van der Waals surface area contributed by atoms with E-state index < -0.39 is 7.82 Å². The van der Waals surface area contributed by atoms with E-state index in [-0.39, 0.29) is 30.4 Å². The molecule has 0 saturated heterocycles. The normalized spacial score (nSPS) is 11.7. The number of aromatic hydroxyl groups is 1. The van der Waals surface area contributed by atoms with Gasteiger partial charge < -0.3 is 24.7 Å². The van der Waals surface area contributed by atoms with Crippen molar-refractivity contribution in [1.29, 1.82) is 0 Å². The zero-order valence-corrected chi connectivity index (χ0v) is 22.3. The van der Waals surface area contributed by atoms with Gasteiger partial charge in [-0.3, -0.25) is 9.79 Å². The van der Waals surface area contributed by atoms with Crippen molar-refractivity contribution < 1.29 is 33.5 Å². The number of fused-ring (bicyclic) bond motifs is 3. The number of nitrogens with two attached hydrogens (primary N) is 1. The van der Waals surface area contributed by atoms with Crippen molar-refractivity contribution >= 4 is 41.7 Å². The van der Waals surface area contributed by atoms with Crippen LogP contribution in [0.4, 0.5) is 5.82 Å². The van der Waals surface area contributed by atoms with Crippen LogP contribution in [0.15, 0.2) is 41.4 Å². The summed E-state index contributed by atoms with van der Waals surface area (Å²) in [6.07, 6.45) is 4.59. The summed E-state index contributed by atoms with van der Waals surface area (Å²) >= 11 is 0. The number of nitrogen functional groups attached to an aromatic ring is 1. The average molecular weight is 556 g/mol. The third kappa shape index (κ3) is 6.81. The summed E-state index contributed by atoms with van der Waals surface area (Å²) in [7, 11) is -4.86. The molecule has 0 aliphatic rings. The zero-order valence-electron chi connectivity index (χ0n) is 21.4. The number of carbonyl (C=O) groups excluding carboxylic acids is 1. The molecule has 0 atom stereocenters. The first-order valence-corrected chi connectivity index (χ1v) is 14.0. The van der Waals surface area contributed by atoms with Gasteiger partial charge in [0.25, 0.3) is 0 Å². The van der Waals surface area contributed by atoms with E-state index in [1.165, 1.54) is 12.1 Å². The van der Waals surface area contributed by atoms with E-state index in [4.69, 9.17) is 15.5 Å². The van der Waals surface area contributed by atoms with Crippen molar-refractivity contribution in [3.8, 4) is 11.5 Å². The number of phenolic OH excluding ortho intramolecular Hbond substituents is 1. The number of phosphoric ester groups is 1. The van der Waals surface area contributed by atoms with Crippen LogP contribution in [-0.2, 0) is 33.5 Å². The minimum Gasteiger partial charge on any atom is -0.504 e. The number of aliphatic imine (C=N–C) groups is 1. The molecule has 39 heavy (non-hydrogen) atoms. The Morgan fingerprint density at radius 3 is 2.72 bits per heavy atom. The maximum absolute atomic E-state index is 11.4. The fourth-order valence-electron chi connectivity index (χ4n) is 4.37. The number of anilines is 1. The average Bonchev–Trinajstić information content (AvgIpc) is 3.25. The number of aryl methyl sites for hydroxylation is 1. The molecule has 0 amide bonds. The van der Waals surface area contributed by atoms with Gasteiger partial charge in [-0.15, -0.1) is 0 Å². The second-order valence-corrected chi connectivity index (χ2v) is 10.1. The molecule has 0 spiro atoms. The van der Waals surface area contributed by atoms with Gasteiger partial charge in [0.2, 0.25) is 6.08 Å². The van der Waals surface area contributed by atoms with E-state index in [0.29, 0.717) is 42.7 Å². The topological polar surface area (TPSA) is 182 Å². The van der Waals surface area contributed by atoms with Crippen LogP contribution in [0.3, 0.4) is 0 Å². The Kier molecular flexibility index (Phi) is 8.96. The lowest BCUT2D eigenvalue weighted by Gasteiger charge is -2.15. The number of aromatic nitrogens is 3. The highest BCUT2D eigenvalue weighted by Gasteiger charge is 2.22. The number of hydrogen-bond acceptors (Lipinski definition) is 9. The minimum absolute atomic E-state index is 0.164. The summed E-state index contributed by atoms with van der Waals surface area (Å²) in [5.74, 6) is 0.355. The molecule has 0 aliphatic heterocycles. The number of rotatable bonds is 13. The van der Waals surface area contributed by atoms with Gasteiger partial charge >= 0.3 is 7.82 Å². The number of ether oxygens (including phenoxy) is 1. The van der Waals surface area contributed by atoms with Crippen LogP contribution >= 0.6 is 7.82 Å².